The fourth-order valence-electron chi connectivity index (χ4n) is 7.01. The van der Waals surface area contributed by atoms with Crippen LogP contribution in [-0.4, -0.2) is 50.4 Å². The smallest absolute Gasteiger partial charge is 0.303 e. The third kappa shape index (κ3) is 3.39. The molecule has 1 spiro atoms. The van der Waals surface area contributed by atoms with Crippen molar-refractivity contribution in [3.8, 4) is 5.75 Å². The molecule has 3 heterocycles. The molecule has 0 radical (unpaired) electrons. The van der Waals surface area contributed by atoms with Crippen LogP contribution in [0.15, 0.2) is 30.3 Å². The van der Waals surface area contributed by atoms with Crippen LogP contribution in [0.25, 0.3) is 0 Å². The molecule has 0 saturated carbocycles. The number of nitrogens with one attached hydrogen (secondary N) is 1. The van der Waals surface area contributed by atoms with Crippen LogP contribution in [0.2, 0.25) is 0 Å². The molecule has 6 nitrogen and oxygen atoms in total. The van der Waals surface area contributed by atoms with Crippen molar-refractivity contribution in [3.05, 3.63) is 47.3 Å². The Bertz CT molecular complexity index is 1130. The molecule has 180 valence electrons. The number of fused-ring (bicyclic) bond motifs is 5. The fourth-order valence-corrected chi connectivity index (χ4v) is 7.01. The lowest BCUT2D eigenvalue weighted by Gasteiger charge is -2.42. The predicted molar refractivity (Wildman–Crippen MR) is 131 cm³/mol. The van der Waals surface area contributed by atoms with Crippen LogP contribution in [0, 0.1) is 5.82 Å². The molecule has 0 amide bonds. The summed E-state index contributed by atoms with van der Waals surface area (Å²) in [5.74, 6) is -0.178. The molecule has 2 N–H and O–H groups in total. The minimum absolute atomic E-state index is 0.0401. The van der Waals surface area contributed by atoms with Gasteiger partial charge in [-0.05, 0) is 72.8 Å². The summed E-state index contributed by atoms with van der Waals surface area (Å²) in [6, 6.07) is 9.93. The van der Waals surface area contributed by atoms with E-state index in [-0.39, 0.29) is 23.6 Å². The molecule has 3 aliphatic heterocycles. The second-order valence-corrected chi connectivity index (χ2v) is 10.4. The van der Waals surface area contributed by atoms with Gasteiger partial charge in [-0.15, -0.1) is 0 Å². The molecular weight excluding hydrogens is 433 g/mol. The second-order valence-electron chi connectivity index (χ2n) is 10.4. The minimum Gasteiger partial charge on any atom is -0.494 e. The van der Waals surface area contributed by atoms with E-state index in [1.807, 2.05) is 6.07 Å². The van der Waals surface area contributed by atoms with Gasteiger partial charge in [-0.3, -0.25) is 4.79 Å². The number of ether oxygens (including phenoxy) is 1. The van der Waals surface area contributed by atoms with Crippen LogP contribution in [0.4, 0.5) is 21.5 Å². The van der Waals surface area contributed by atoms with Crippen molar-refractivity contribution in [2.75, 3.05) is 48.4 Å². The summed E-state index contributed by atoms with van der Waals surface area (Å²) >= 11 is 0. The Hall–Kier alpha value is -2.96. The maximum absolute atomic E-state index is 14.2. The van der Waals surface area contributed by atoms with Crippen LogP contribution in [0.3, 0.4) is 0 Å². The van der Waals surface area contributed by atoms with Gasteiger partial charge in [0.1, 0.15) is 17.3 Å². The van der Waals surface area contributed by atoms with E-state index in [1.54, 1.807) is 13.2 Å². The van der Waals surface area contributed by atoms with Crippen LogP contribution in [-0.2, 0) is 10.2 Å². The number of halogens is 1. The molecule has 2 fully saturated rings. The van der Waals surface area contributed by atoms with Gasteiger partial charge in [0, 0.05) is 44.0 Å². The van der Waals surface area contributed by atoms with E-state index < -0.39 is 5.97 Å². The van der Waals surface area contributed by atoms with Gasteiger partial charge in [0.05, 0.1) is 19.2 Å². The van der Waals surface area contributed by atoms with Crippen molar-refractivity contribution in [3.63, 3.8) is 0 Å². The van der Waals surface area contributed by atoms with Crippen molar-refractivity contribution >= 4 is 23.0 Å². The molecule has 0 aromatic heterocycles. The Kier molecular flexibility index (Phi) is 5.12. The largest absolute Gasteiger partial charge is 0.494 e. The van der Waals surface area contributed by atoms with Gasteiger partial charge >= 0.3 is 5.97 Å². The van der Waals surface area contributed by atoms with Gasteiger partial charge in [0.2, 0.25) is 0 Å². The molecule has 6 rings (SSSR count). The van der Waals surface area contributed by atoms with Crippen LogP contribution < -0.4 is 19.9 Å². The van der Waals surface area contributed by atoms with E-state index in [4.69, 9.17) is 4.74 Å². The number of carboxylic acids is 1. The number of nitrogens with zero attached hydrogens (tertiary/aromatic N) is 2. The molecule has 0 unspecified atom stereocenters. The maximum Gasteiger partial charge on any atom is 0.303 e. The zero-order valence-corrected chi connectivity index (χ0v) is 19.6. The minimum atomic E-state index is -0.787. The van der Waals surface area contributed by atoms with Crippen LogP contribution >= 0.6 is 0 Å². The molecule has 1 aliphatic carbocycles. The SMILES string of the molecule is COc1cc(N2CCC3(CC2)C[C@@H](CC(=O)O)c2ccc(F)cc23)cc2c1NC[C@@H]1CCCN21. The van der Waals surface area contributed by atoms with E-state index in [0.29, 0.717) is 6.04 Å². The van der Waals surface area contributed by atoms with Crippen molar-refractivity contribution < 1.29 is 19.0 Å². The van der Waals surface area contributed by atoms with E-state index >= 15 is 0 Å². The average molecular weight is 466 g/mol. The summed E-state index contributed by atoms with van der Waals surface area (Å²) in [4.78, 5) is 16.4. The zero-order chi connectivity index (χ0) is 23.4. The maximum atomic E-state index is 14.2. The Morgan fingerprint density at radius 3 is 2.82 bits per heavy atom. The quantitative estimate of drug-likeness (QED) is 0.681. The topological polar surface area (TPSA) is 65.0 Å². The summed E-state index contributed by atoms with van der Waals surface area (Å²) in [7, 11) is 1.73. The van der Waals surface area contributed by atoms with E-state index in [9.17, 15) is 14.3 Å². The highest BCUT2D eigenvalue weighted by molar-refractivity contribution is 5.83. The molecule has 2 saturated heterocycles. The molecule has 2 atom stereocenters. The number of piperidine rings is 1. The Morgan fingerprint density at radius 1 is 1.24 bits per heavy atom. The highest BCUT2D eigenvalue weighted by atomic mass is 19.1. The van der Waals surface area contributed by atoms with Crippen LogP contribution in [0.5, 0.6) is 5.75 Å². The highest BCUT2D eigenvalue weighted by Gasteiger charge is 2.46. The second kappa shape index (κ2) is 8.07. The number of carboxylic acid groups (broad SMARTS) is 1. The van der Waals surface area contributed by atoms with Gasteiger partial charge < -0.3 is 25.0 Å². The normalized spacial score (nSPS) is 24.4. The Labute approximate surface area is 199 Å². The summed E-state index contributed by atoms with van der Waals surface area (Å²) in [6.45, 7) is 3.76. The highest BCUT2D eigenvalue weighted by Crippen LogP contribution is 2.54. The first-order valence-electron chi connectivity index (χ1n) is 12.5. The fraction of sp³-hybridized carbons (Fsp3) is 0.519. The van der Waals surface area contributed by atoms with E-state index in [1.165, 1.54) is 30.3 Å². The molecular formula is C27H32FN3O3. The zero-order valence-electron chi connectivity index (χ0n) is 19.6. The summed E-state index contributed by atoms with van der Waals surface area (Å²) in [6.07, 6.45) is 5.12. The van der Waals surface area contributed by atoms with E-state index in [2.05, 4.69) is 27.2 Å². The first-order chi connectivity index (χ1) is 16.5. The van der Waals surface area contributed by atoms with Gasteiger partial charge in [0.15, 0.2) is 0 Å². The average Bonchev–Trinajstić information content (AvgIpc) is 3.42. The van der Waals surface area contributed by atoms with Crippen molar-refractivity contribution in [1.82, 2.24) is 0 Å². The first kappa shape index (κ1) is 21.6. The molecule has 0 bridgehead atoms. The molecule has 2 aromatic rings. The monoisotopic (exact) mass is 465 g/mol. The molecule has 4 aliphatic rings. The number of methoxy groups -OCH3 is 1. The van der Waals surface area contributed by atoms with Gasteiger partial charge in [-0.2, -0.15) is 0 Å². The summed E-state index contributed by atoms with van der Waals surface area (Å²) in [5.41, 5.74) is 5.41. The standard InChI is InChI=1S/C27H32FN3O3/c1-34-24-14-20(13-23-26(24)29-16-19-3-2-8-31(19)23)30-9-6-27(7-10-30)15-17(11-25(32)33)21-5-4-18(28)12-22(21)27/h4-5,12-14,17,19,29H,2-3,6-11,15-16H2,1H3,(H,32,33)/t17-,19+/m1/s1. The lowest BCUT2D eigenvalue weighted by atomic mass is 9.73. The molecule has 7 heteroatoms. The number of benzene rings is 2. The van der Waals surface area contributed by atoms with Crippen molar-refractivity contribution in [2.45, 2.75) is 55.9 Å². The molecule has 34 heavy (non-hydrogen) atoms. The third-order valence-corrected chi connectivity index (χ3v) is 8.66. The lowest BCUT2D eigenvalue weighted by Crippen LogP contribution is -2.42. The summed E-state index contributed by atoms with van der Waals surface area (Å²) in [5, 5.41) is 13.0. The van der Waals surface area contributed by atoms with Crippen LogP contribution in [0.1, 0.15) is 55.6 Å². The number of rotatable bonds is 4. The predicted octanol–water partition coefficient (Wildman–Crippen LogP) is 4.73. The number of anilines is 3. The number of hydrogen-bond donors (Lipinski definition) is 2. The van der Waals surface area contributed by atoms with Gasteiger partial charge in [-0.1, -0.05) is 6.07 Å². The molecule has 2 aromatic carbocycles. The third-order valence-electron chi connectivity index (χ3n) is 8.66. The Balaban J connectivity index is 1.28. The van der Waals surface area contributed by atoms with Gasteiger partial charge in [0.25, 0.3) is 0 Å². The van der Waals surface area contributed by atoms with Gasteiger partial charge in [-0.25, -0.2) is 4.39 Å². The summed E-state index contributed by atoms with van der Waals surface area (Å²) < 4.78 is 20.0. The number of aliphatic carboxylic acids is 1. The van der Waals surface area contributed by atoms with Crippen molar-refractivity contribution in [1.29, 1.82) is 0 Å². The number of carbonyl (C=O) groups is 1. The first-order valence-corrected chi connectivity index (χ1v) is 12.5. The lowest BCUT2D eigenvalue weighted by molar-refractivity contribution is -0.137. The number of hydrogen-bond acceptors (Lipinski definition) is 5. The van der Waals surface area contributed by atoms with Crippen molar-refractivity contribution in [2.24, 2.45) is 0 Å². The Morgan fingerprint density at radius 2 is 2.06 bits per heavy atom. The van der Waals surface area contributed by atoms with E-state index in [0.717, 1.165) is 68.0 Å².